The van der Waals surface area contributed by atoms with Crippen LogP contribution in [0.15, 0.2) is 24.3 Å². The molecule has 78 valence electrons. The van der Waals surface area contributed by atoms with Gasteiger partial charge in [-0.2, -0.15) is 0 Å². The first kappa shape index (κ1) is 9.77. The van der Waals surface area contributed by atoms with E-state index in [-0.39, 0.29) is 5.91 Å². The first-order valence-electron chi connectivity index (χ1n) is 4.97. The quantitative estimate of drug-likeness (QED) is 0.756. The zero-order chi connectivity index (χ0) is 10.8. The predicted molar refractivity (Wildman–Crippen MR) is 63.0 cm³/mol. The molecule has 1 aromatic carbocycles. The molecule has 0 spiro atoms. The van der Waals surface area contributed by atoms with Gasteiger partial charge < -0.3 is 10.2 Å². The highest BCUT2D eigenvalue weighted by atomic mass is 16.2. The van der Waals surface area contributed by atoms with Gasteiger partial charge in [0, 0.05) is 31.9 Å². The van der Waals surface area contributed by atoms with Gasteiger partial charge in [0.05, 0.1) is 0 Å². The second-order valence-electron chi connectivity index (χ2n) is 3.63. The molecule has 0 atom stereocenters. The summed E-state index contributed by atoms with van der Waals surface area (Å²) in [5.41, 5.74) is 3.18. The van der Waals surface area contributed by atoms with E-state index in [0.717, 1.165) is 17.9 Å². The minimum atomic E-state index is 0.0429. The van der Waals surface area contributed by atoms with Gasteiger partial charge in [-0.05, 0) is 17.7 Å². The van der Waals surface area contributed by atoms with Gasteiger partial charge in [-0.15, -0.1) is 0 Å². The normalized spacial score (nSPS) is 12.9. The molecular weight excluding hydrogens is 188 g/mol. The number of anilines is 2. The summed E-state index contributed by atoms with van der Waals surface area (Å²) in [6.07, 6.45) is 4.17. The van der Waals surface area contributed by atoms with Gasteiger partial charge in [0.2, 0.25) is 5.91 Å². The van der Waals surface area contributed by atoms with Gasteiger partial charge >= 0.3 is 0 Å². The molecule has 1 amide bonds. The fourth-order valence-corrected chi connectivity index (χ4v) is 1.59. The van der Waals surface area contributed by atoms with E-state index in [2.05, 4.69) is 17.5 Å². The molecular formula is C12H14N2O. The number of nitrogens with one attached hydrogen (secondary N) is 1. The Morgan fingerprint density at radius 1 is 1.47 bits per heavy atom. The van der Waals surface area contributed by atoms with E-state index in [0.29, 0.717) is 0 Å². The number of hydrogen-bond donors (Lipinski definition) is 1. The van der Waals surface area contributed by atoms with Gasteiger partial charge in [-0.1, -0.05) is 18.2 Å². The van der Waals surface area contributed by atoms with Crippen LogP contribution >= 0.6 is 0 Å². The van der Waals surface area contributed by atoms with Crippen LogP contribution < -0.4 is 10.2 Å². The number of hydrogen-bond acceptors (Lipinski definition) is 2. The van der Waals surface area contributed by atoms with E-state index in [1.54, 1.807) is 18.9 Å². The second kappa shape index (κ2) is 3.77. The summed E-state index contributed by atoms with van der Waals surface area (Å²) < 4.78 is 0. The van der Waals surface area contributed by atoms with Crippen molar-refractivity contribution >= 4 is 23.4 Å². The summed E-state index contributed by atoms with van der Waals surface area (Å²) in [5, 5.41) is 3.27. The predicted octanol–water partition coefficient (Wildman–Crippen LogP) is 2.11. The Morgan fingerprint density at radius 2 is 2.27 bits per heavy atom. The van der Waals surface area contributed by atoms with E-state index in [1.165, 1.54) is 5.56 Å². The number of benzene rings is 1. The van der Waals surface area contributed by atoms with Crippen molar-refractivity contribution in [1.82, 2.24) is 0 Å². The Hall–Kier alpha value is -1.77. The lowest BCUT2D eigenvalue weighted by molar-refractivity contribution is -0.116. The van der Waals surface area contributed by atoms with Gasteiger partial charge in [0.1, 0.15) is 0 Å². The van der Waals surface area contributed by atoms with Crippen molar-refractivity contribution in [2.75, 3.05) is 23.8 Å². The maximum Gasteiger partial charge on any atom is 0.223 e. The smallest absolute Gasteiger partial charge is 0.223 e. The van der Waals surface area contributed by atoms with E-state index >= 15 is 0 Å². The number of nitrogens with zero attached hydrogens (tertiary/aromatic N) is 1. The van der Waals surface area contributed by atoms with Crippen LogP contribution in [0.25, 0.3) is 6.08 Å². The number of carbonyl (C=O) groups excluding carboxylic acids is 1. The highest BCUT2D eigenvalue weighted by molar-refractivity contribution is 5.92. The molecule has 0 radical (unpaired) electrons. The Morgan fingerprint density at radius 3 is 3.00 bits per heavy atom. The van der Waals surface area contributed by atoms with Crippen molar-refractivity contribution in [3.8, 4) is 0 Å². The largest absolute Gasteiger partial charge is 0.381 e. The first-order chi connectivity index (χ1) is 7.18. The van der Waals surface area contributed by atoms with Crippen LogP contribution in [0.3, 0.4) is 0 Å². The zero-order valence-corrected chi connectivity index (χ0v) is 8.95. The van der Waals surface area contributed by atoms with Crippen molar-refractivity contribution < 1.29 is 4.79 Å². The van der Waals surface area contributed by atoms with Crippen molar-refractivity contribution in [1.29, 1.82) is 0 Å². The number of carbonyl (C=O) groups is 1. The maximum absolute atomic E-state index is 11.2. The van der Waals surface area contributed by atoms with Gasteiger partial charge in [-0.25, -0.2) is 0 Å². The summed E-state index contributed by atoms with van der Waals surface area (Å²) in [6.45, 7) is 2.41. The van der Waals surface area contributed by atoms with Crippen molar-refractivity contribution in [2.45, 2.75) is 6.92 Å². The van der Waals surface area contributed by atoms with Crippen molar-refractivity contribution in [3.63, 3.8) is 0 Å². The molecule has 0 aliphatic carbocycles. The third-order valence-corrected chi connectivity index (χ3v) is 2.60. The lowest BCUT2D eigenvalue weighted by Crippen LogP contribution is -2.23. The van der Waals surface area contributed by atoms with Gasteiger partial charge in [0.15, 0.2) is 0 Å². The Kier molecular flexibility index (Phi) is 2.46. The lowest BCUT2D eigenvalue weighted by atomic mass is 10.1. The van der Waals surface area contributed by atoms with Crippen molar-refractivity contribution in [2.24, 2.45) is 0 Å². The van der Waals surface area contributed by atoms with E-state index in [4.69, 9.17) is 0 Å². The lowest BCUT2D eigenvalue weighted by Gasteiger charge is -2.19. The summed E-state index contributed by atoms with van der Waals surface area (Å²) >= 11 is 0. The Bertz CT molecular complexity index is 424. The molecule has 15 heavy (non-hydrogen) atoms. The van der Waals surface area contributed by atoms with Crippen molar-refractivity contribution in [3.05, 3.63) is 29.8 Å². The molecule has 1 aromatic rings. The molecule has 1 aliphatic rings. The summed E-state index contributed by atoms with van der Waals surface area (Å²) in [4.78, 5) is 12.8. The summed E-state index contributed by atoms with van der Waals surface area (Å²) in [5.74, 6) is 0.0429. The van der Waals surface area contributed by atoms with Crippen LogP contribution in [0, 0.1) is 0 Å². The van der Waals surface area contributed by atoms with Crippen LogP contribution in [0.1, 0.15) is 12.5 Å². The third kappa shape index (κ3) is 1.86. The number of amides is 1. The van der Waals surface area contributed by atoms with Crippen LogP contribution in [0.5, 0.6) is 0 Å². The number of fused-ring (bicyclic) bond motifs is 1. The molecule has 0 saturated carbocycles. The molecule has 2 rings (SSSR count). The van der Waals surface area contributed by atoms with Gasteiger partial charge in [-0.3, -0.25) is 4.79 Å². The highest BCUT2D eigenvalue weighted by Crippen LogP contribution is 2.26. The van der Waals surface area contributed by atoms with Crippen LogP contribution in [0.2, 0.25) is 0 Å². The maximum atomic E-state index is 11.2. The highest BCUT2D eigenvalue weighted by Gasteiger charge is 2.09. The first-order valence-corrected chi connectivity index (χ1v) is 4.97. The molecule has 3 nitrogen and oxygen atoms in total. The monoisotopic (exact) mass is 202 g/mol. The molecule has 0 bridgehead atoms. The topological polar surface area (TPSA) is 32.3 Å². The molecule has 0 unspecified atom stereocenters. The minimum absolute atomic E-state index is 0.0429. The zero-order valence-electron chi connectivity index (χ0n) is 8.95. The molecule has 1 heterocycles. The number of rotatable bonds is 1. The van der Waals surface area contributed by atoms with Crippen LogP contribution in [-0.4, -0.2) is 19.5 Å². The Balaban J connectivity index is 2.36. The minimum Gasteiger partial charge on any atom is -0.381 e. The standard InChI is InChI=1S/C12H14N2O/c1-9(15)14(2)11-6-5-10-4-3-7-13-12(10)8-11/h3-6,8,13H,7H2,1-2H3. The molecule has 0 aromatic heterocycles. The third-order valence-electron chi connectivity index (χ3n) is 2.60. The second-order valence-corrected chi connectivity index (χ2v) is 3.63. The molecule has 1 aliphatic heterocycles. The average molecular weight is 202 g/mol. The SMILES string of the molecule is CC(=O)N(C)c1ccc2c(c1)NCC=C2. The van der Waals surface area contributed by atoms with Crippen LogP contribution in [-0.2, 0) is 4.79 Å². The van der Waals surface area contributed by atoms with E-state index < -0.39 is 0 Å². The van der Waals surface area contributed by atoms with Crippen LogP contribution in [0.4, 0.5) is 11.4 Å². The Labute approximate surface area is 89.4 Å². The van der Waals surface area contributed by atoms with E-state index in [9.17, 15) is 4.79 Å². The fraction of sp³-hybridized carbons (Fsp3) is 0.250. The molecule has 0 saturated heterocycles. The van der Waals surface area contributed by atoms with Gasteiger partial charge in [0.25, 0.3) is 0 Å². The summed E-state index contributed by atoms with van der Waals surface area (Å²) in [7, 11) is 1.78. The average Bonchev–Trinajstić information content (AvgIpc) is 2.27. The summed E-state index contributed by atoms with van der Waals surface area (Å²) in [6, 6.07) is 5.98. The fourth-order valence-electron chi connectivity index (χ4n) is 1.59. The molecule has 0 fully saturated rings. The molecule has 1 N–H and O–H groups in total. The van der Waals surface area contributed by atoms with E-state index in [1.807, 2.05) is 18.2 Å². The molecule has 3 heteroatoms.